The fourth-order valence-corrected chi connectivity index (χ4v) is 1.69. The van der Waals surface area contributed by atoms with Gasteiger partial charge in [-0.15, -0.1) is 0 Å². The van der Waals surface area contributed by atoms with E-state index in [1.807, 2.05) is 12.1 Å². The number of hydrogen-bond donors (Lipinski definition) is 1. The van der Waals surface area contributed by atoms with E-state index in [0.717, 1.165) is 5.56 Å². The second-order valence-electron chi connectivity index (χ2n) is 3.98. The van der Waals surface area contributed by atoms with Gasteiger partial charge in [0.15, 0.2) is 0 Å². The molecule has 2 N–H and O–H groups in total. The Bertz CT molecular complexity index is 354. The van der Waals surface area contributed by atoms with Crippen molar-refractivity contribution in [1.82, 2.24) is 0 Å². The van der Waals surface area contributed by atoms with Crippen LogP contribution in [0.5, 0.6) is 0 Å². The Balaban J connectivity index is 2.12. The first-order chi connectivity index (χ1) is 7.22. The maximum Gasteiger partial charge on any atom is 0.337 e. The molecule has 80 valence electrons. The van der Waals surface area contributed by atoms with Gasteiger partial charge in [-0.2, -0.15) is 0 Å². The molecule has 0 spiro atoms. The van der Waals surface area contributed by atoms with E-state index in [0.29, 0.717) is 11.5 Å². The summed E-state index contributed by atoms with van der Waals surface area (Å²) in [6.45, 7) is 0. The van der Waals surface area contributed by atoms with Gasteiger partial charge in [-0.05, 0) is 36.5 Å². The number of carbonyl (C=O) groups is 1. The van der Waals surface area contributed by atoms with E-state index >= 15 is 0 Å². The van der Waals surface area contributed by atoms with E-state index < -0.39 is 0 Å². The van der Waals surface area contributed by atoms with Gasteiger partial charge in [-0.1, -0.05) is 12.1 Å². The predicted octanol–water partition coefficient (Wildman–Crippen LogP) is 1.88. The highest BCUT2D eigenvalue weighted by molar-refractivity contribution is 5.89. The standard InChI is InChI=1S/C12H15NO2/c1-15-12(14)10-6-4-9(5-7-10)11(13)8-2-3-8/h4-8,11H,2-3,13H2,1H3. The molecule has 0 bridgehead atoms. The van der Waals surface area contributed by atoms with E-state index in [2.05, 4.69) is 4.74 Å². The first-order valence-electron chi connectivity index (χ1n) is 5.16. The second kappa shape index (κ2) is 4.03. The zero-order chi connectivity index (χ0) is 10.8. The summed E-state index contributed by atoms with van der Waals surface area (Å²) in [5.41, 5.74) is 7.72. The van der Waals surface area contributed by atoms with Crippen LogP contribution in [0.3, 0.4) is 0 Å². The van der Waals surface area contributed by atoms with E-state index in [1.54, 1.807) is 12.1 Å². The summed E-state index contributed by atoms with van der Waals surface area (Å²) < 4.78 is 4.63. The molecular formula is C12H15NO2. The Morgan fingerprint density at radius 1 is 1.40 bits per heavy atom. The van der Waals surface area contributed by atoms with Gasteiger partial charge in [-0.25, -0.2) is 4.79 Å². The van der Waals surface area contributed by atoms with Crippen molar-refractivity contribution in [3.8, 4) is 0 Å². The summed E-state index contributed by atoms with van der Waals surface area (Å²) in [4.78, 5) is 11.2. The Kier molecular flexibility index (Phi) is 2.73. The SMILES string of the molecule is COC(=O)c1ccc(C(N)C2CC2)cc1. The molecule has 1 aliphatic rings. The van der Waals surface area contributed by atoms with Crippen LogP contribution < -0.4 is 5.73 Å². The van der Waals surface area contributed by atoms with Gasteiger partial charge in [0, 0.05) is 6.04 Å². The van der Waals surface area contributed by atoms with E-state index in [9.17, 15) is 4.79 Å². The van der Waals surface area contributed by atoms with Crippen molar-refractivity contribution in [3.05, 3.63) is 35.4 Å². The Labute approximate surface area is 89.2 Å². The summed E-state index contributed by atoms with van der Waals surface area (Å²) >= 11 is 0. The molecule has 1 aliphatic carbocycles. The smallest absolute Gasteiger partial charge is 0.337 e. The fourth-order valence-electron chi connectivity index (χ4n) is 1.69. The molecule has 0 aromatic heterocycles. The number of esters is 1. The molecule has 0 saturated heterocycles. The molecule has 1 unspecified atom stereocenters. The van der Waals surface area contributed by atoms with Crippen LogP contribution in [0.4, 0.5) is 0 Å². The Hall–Kier alpha value is -1.35. The number of rotatable bonds is 3. The molecule has 3 nitrogen and oxygen atoms in total. The highest BCUT2D eigenvalue weighted by Crippen LogP contribution is 2.39. The van der Waals surface area contributed by atoms with Gasteiger partial charge in [0.1, 0.15) is 0 Å². The van der Waals surface area contributed by atoms with Crippen molar-refractivity contribution < 1.29 is 9.53 Å². The van der Waals surface area contributed by atoms with Crippen LogP contribution in [0.15, 0.2) is 24.3 Å². The van der Waals surface area contributed by atoms with Crippen LogP contribution >= 0.6 is 0 Å². The number of ether oxygens (including phenoxy) is 1. The van der Waals surface area contributed by atoms with Crippen LogP contribution in [0.1, 0.15) is 34.8 Å². The number of nitrogens with two attached hydrogens (primary N) is 1. The lowest BCUT2D eigenvalue weighted by atomic mass is 10.0. The summed E-state index contributed by atoms with van der Waals surface area (Å²) in [5, 5.41) is 0. The minimum absolute atomic E-state index is 0.122. The molecule has 1 atom stereocenters. The van der Waals surface area contributed by atoms with Gasteiger partial charge in [0.2, 0.25) is 0 Å². The Morgan fingerprint density at radius 2 is 2.00 bits per heavy atom. The minimum Gasteiger partial charge on any atom is -0.465 e. The third-order valence-electron chi connectivity index (χ3n) is 2.85. The lowest BCUT2D eigenvalue weighted by Gasteiger charge is -2.10. The summed E-state index contributed by atoms with van der Waals surface area (Å²) in [6.07, 6.45) is 2.44. The van der Waals surface area contributed by atoms with Crippen LogP contribution in [0.25, 0.3) is 0 Å². The third kappa shape index (κ3) is 2.18. The summed E-state index contributed by atoms with van der Waals surface area (Å²) in [6, 6.07) is 7.48. The third-order valence-corrected chi connectivity index (χ3v) is 2.85. The van der Waals surface area contributed by atoms with Gasteiger partial charge < -0.3 is 10.5 Å². The highest BCUT2D eigenvalue weighted by atomic mass is 16.5. The zero-order valence-electron chi connectivity index (χ0n) is 8.77. The first kappa shape index (κ1) is 10.2. The normalized spacial score (nSPS) is 17.2. The summed E-state index contributed by atoms with van der Waals surface area (Å²) in [5.74, 6) is 0.329. The molecule has 1 aromatic carbocycles. The lowest BCUT2D eigenvalue weighted by Crippen LogP contribution is -2.12. The molecule has 2 rings (SSSR count). The average molecular weight is 205 g/mol. The average Bonchev–Trinajstić information content (AvgIpc) is 3.11. The molecule has 0 radical (unpaired) electrons. The van der Waals surface area contributed by atoms with Crippen LogP contribution in [-0.2, 0) is 4.74 Å². The minimum atomic E-state index is -0.304. The molecule has 0 heterocycles. The quantitative estimate of drug-likeness (QED) is 0.766. The van der Waals surface area contributed by atoms with Crippen LogP contribution in [0.2, 0.25) is 0 Å². The number of carbonyl (C=O) groups excluding carboxylic acids is 1. The van der Waals surface area contributed by atoms with E-state index in [-0.39, 0.29) is 12.0 Å². The predicted molar refractivity (Wildman–Crippen MR) is 57.4 cm³/mol. The molecular weight excluding hydrogens is 190 g/mol. The molecule has 1 saturated carbocycles. The molecule has 15 heavy (non-hydrogen) atoms. The number of methoxy groups -OCH3 is 1. The van der Waals surface area contributed by atoms with Crippen molar-refractivity contribution in [2.45, 2.75) is 18.9 Å². The molecule has 1 fully saturated rings. The van der Waals surface area contributed by atoms with Crippen molar-refractivity contribution in [3.63, 3.8) is 0 Å². The molecule has 0 amide bonds. The Morgan fingerprint density at radius 3 is 2.47 bits per heavy atom. The highest BCUT2D eigenvalue weighted by Gasteiger charge is 2.29. The maximum absolute atomic E-state index is 11.2. The van der Waals surface area contributed by atoms with Crippen molar-refractivity contribution in [2.24, 2.45) is 11.7 Å². The monoisotopic (exact) mass is 205 g/mol. The maximum atomic E-state index is 11.2. The van der Waals surface area contributed by atoms with E-state index in [4.69, 9.17) is 5.73 Å². The largest absolute Gasteiger partial charge is 0.465 e. The van der Waals surface area contributed by atoms with Crippen LogP contribution in [-0.4, -0.2) is 13.1 Å². The van der Waals surface area contributed by atoms with Crippen molar-refractivity contribution in [1.29, 1.82) is 0 Å². The van der Waals surface area contributed by atoms with Crippen molar-refractivity contribution >= 4 is 5.97 Å². The molecule has 3 heteroatoms. The number of hydrogen-bond acceptors (Lipinski definition) is 3. The van der Waals surface area contributed by atoms with Crippen molar-refractivity contribution in [2.75, 3.05) is 7.11 Å². The number of benzene rings is 1. The van der Waals surface area contributed by atoms with Gasteiger partial charge >= 0.3 is 5.97 Å². The van der Waals surface area contributed by atoms with Gasteiger partial charge in [-0.3, -0.25) is 0 Å². The van der Waals surface area contributed by atoms with Crippen LogP contribution in [0, 0.1) is 5.92 Å². The fraction of sp³-hybridized carbons (Fsp3) is 0.417. The second-order valence-corrected chi connectivity index (χ2v) is 3.98. The first-order valence-corrected chi connectivity index (χ1v) is 5.16. The molecule has 1 aromatic rings. The summed E-state index contributed by atoms with van der Waals surface area (Å²) in [7, 11) is 1.38. The van der Waals surface area contributed by atoms with Gasteiger partial charge in [0.05, 0.1) is 12.7 Å². The lowest BCUT2D eigenvalue weighted by molar-refractivity contribution is 0.0600. The van der Waals surface area contributed by atoms with Gasteiger partial charge in [0.25, 0.3) is 0 Å². The zero-order valence-corrected chi connectivity index (χ0v) is 8.77. The topological polar surface area (TPSA) is 52.3 Å². The van der Waals surface area contributed by atoms with E-state index in [1.165, 1.54) is 20.0 Å². The molecule has 0 aliphatic heterocycles.